The summed E-state index contributed by atoms with van der Waals surface area (Å²) in [5.41, 5.74) is -8.53. The first-order chi connectivity index (χ1) is 27.0. The molecule has 3 aliphatic carbocycles. The van der Waals surface area contributed by atoms with E-state index in [1.807, 2.05) is 0 Å². The van der Waals surface area contributed by atoms with Crippen LogP contribution < -0.4 is 5.32 Å². The molecule has 0 aromatic heterocycles. The standard InChI is InChI=1S/C43H52FNO13/c1-22-26(55-37(51)30(44)31(24-15-11-9-12-16-24)45-38(52)58-39(3,4)5)20-43(53)35(56-36(50)25-17-13-10-14-18-25)33-41(8,34(49)32(48)29(22)40(43,6)7)27(47)19-28-42(33,21-54-28)57-23(2)46/h9-18,26-28,30-33,35,47-48,53H,19-21H2,1-8H3,(H,45,52)/t26-,27-,28+,30+,31-,32+,33-,35-,41+,42-,43+/m0/s1. The summed E-state index contributed by atoms with van der Waals surface area (Å²) in [5, 5.41) is 39.8. The molecule has 1 aliphatic heterocycles. The molecule has 6 rings (SSSR count). The Hall–Kier alpha value is -4.70. The van der Waals surface area contributed by atoms with Gasteiger partial charge in [0.05, 0.1) is 35.6 Å². The second-order valence-corrected chi connectivity index (χ2v) is 17.5. The maximum atomic E-state index is 16.6. The number of carbonyl (C=O) groups excluding carboxylic acids is 5. The molecular weight excluding hydrogens is 757 g/mol. The summed E-state index contributed by atoms with van der Waals surface area (Å²) in [4.78, 5) is 68.7. The minimum absolute atomic E-state index is 0.0637. The third-order valence-corrected chi connectivity index (χ3v) is 12.5. The fraction of sp³-hybridized carbons (Fsp3) is 0.558. The summed E-state index contributed by atoms with van der Waals surface area (Å²) < 4.78 is 45.9. The van der Waals surface area contributed by atoms with E-state index in [0.29, 0.717) is 0 Å². The number of benzene rings is 2. The summed E-state index contributed by atoms with van der Waals surface area (Å²) >= 11 is 0. The molecule has 0 spiro atoms. The Morgan fingerprint density at radius 3 is 2.12 bits per heavy atom. The topological polar surface area (TPSA) is 204 Å². The summed E-state index contributed by atoms with van der Waals surface area (Å²) in [6, 6.07) is 14.0. The Balaban J connectivity index is 1.49. The van der Waals surface area contributed by atoms with Crippen molar-refractivity contribution in [2.75, 3.05) is 6.61 Å². The summed E-state index contributed by atoms with van der Waals surface area (Å²) in [7, 11) is 0. The van der Waals surface area contributed by atoms with Gasteiger partial charge in [-0.25, -0.2) is 18.8 Å². The van der Waals surface area contributed by atoms with Crippen molar-refractivity contribution in [3.05, 3.63) is 82.9 Å². The first kappa shape index (κ1) is 42.9. The minimum atomic E-state index is -2.54. The van der Waals surface area contributed by atoms with Crippen molar-refractivity contribution in [1.29, 1.82) is 0 Å². The van der Waals surface area contributed by atoms with E-state index in [9.17, 15) is 39.3 Å². The molecule has 0 radical (unpaired) electrons. The normalized spacial score (nSPS) is 33.7. The van der Waals surface area contributed by atoms with Gasteiger partial charge in [0.25, 0.3) is 0 Å². The zero-order valence-electron chi connectivity index (χ0n) is 33.8. The molecular formula is C43H52FNO13. The van der Waals surface area contributed by atoms with Crippen LogP contribution in [0.4, 0.5) is 9.18 Å². The van der Waals surface area contributed by atoms with Crippen LogP contribution in [-0.2, 0) is 38.1 Å². The number of hydrogen-bond donors (Lipinski definition) is 4. The van der Waals surface area contributed by atoms with Crippen molar-refractivity contribution in [3.8, 4) is 0 Å². The van der Waals surface area contributed by atoms with Gasteiger partial charge < -0.3 is 44.3 Å². The first-order valence-corrected chi connectivity index (χ1v) is 19.3. The molecule has 0 unspecified atom stereocenters. The molecule has 314 valence electrons. The number of nitrogens with one attached hydrogen (secondary N) is 1. The van der Waals surface area contributed by atoms with E-state index in [2.05, 4.69) is 5.32 Å². The molecule has 1 saturated heterocycles. The fourth-order valence-electron chi connectivity index (χ4n) is 9.54. The highest BCUT2D eigenvalue weighted by molar-refractivity contribution is 5.94. The molecule has 2 saturated carbocycles. The number of ether oxygens (including phenoxy) is 5. The predicted octanol–water partition coefficient (Wildman–Crippen LogP) is 4.24. The Morgan fingerprint density at radius 1 is 0.966 bits per heavy atom. The number of aliphatic hydroxyl groups is 3. The third kappa shape index (κ3) is 7.09. The van der Waals surface area contributed by atoms with Crippen molar-refractivity contribution < 1.29 is 67.4 Å². The Kier molecular flexibility index (Phi) is 11.2. The van der Waals surface area contributed by atoms with E-state index in [4.69, 9.17) is 23.7 Å². The highest BCUT2D eigenvalue weighted by atomic mass is 19.1. The van der Waals surface area contributed by atoms with Crippen molar-refractivity contribution in [3.63, 3.8) is 0 Å². The average Bonchev–Trinajstić information content (AvgIpc) is 3.14. The number of Topliss-reactive ketones (excluding diaryl/α,β-unsaturated/α-hetero) is 1. The molecule has 1 amide bonds. The molecule has 3 fully saturated rings. The molecule has 2 aromatic carbocycles. The molecule has 4 aliphatic rings. The van der Waals surface area contributed by atoms with E-state index in [-0.39, 0.29) is 35.3 Å². The number of aliphatic hydroxyl groups excluding tert-OH is 2. The number of halogens is 1. The Morgan fingerprint density at radius 2 is 1.57 bits per heavy atom. The number of amides is 1. The van der Waals surface area contributed by atoms with Crippen molar-refractivity contribution in [2.45, 2.75) is 128 Å². The third-order valence-electron chi connectivity index (χ3n) is 12.5. The second-order valence-electron chi connectivity index (χ2n) is 17.5. The second kappa shape index (κ2) is 15.2. The lowest BCUT2D eigenvalue weighted by Gasteiger charge is -2.67. The van der Waals surface area contributed by atoms with E-state index in [0.717, 1.165) is 6.92 Å². The number of hydrogen-bond acceptors (Lipinski definition) is 13. The maximum absolute atomic E-state index is 16.6. The van der Waals surface area contributed by atoms with Crippen LogP contribution in [0.3, 0.4) is 0 Å². The number of alkyl halides is 1. The summed E-state index contributed by atoms with van der Waals surface area (Å²) in [6.45, 7) is 11.6. The Labute approximate surface area is 336 Å². The SMILES string of the molecule is CC(=O)O[C@@]12CO[C@@H]1C[C@H](O)[C@@]1(C)C(=O)[C@H](O)C3=C(C)[C@@H](OC(=O)[C@H](F)[C@@H](NC(=O)OC(C)(C)C)c4ccccc4)C[C@@](O)([C@@H](OC(=O)c4ccccc4)[C@H]21)C3(C)C. The van der Waals surface area contributed by atoms with Crippen LogP contribution in [-0.4, -0.2) is 105 Å². The van der Waals surface area contributed by atoms with E-state index in [1.165, 1.54) is 52.0 Å². The molecule has 11 atom stereocenters. The molecule has 2 bridgehead atoms. The number of rotatable bonds is 8. The molecule has 2 aromatic rings. The Bertz CT molecular complexity index is 1980. The van der Waals surface area contributed by atoms with Gasteiger partial charge in [0.15, 0.2) is 11.4 Å². The summed E-state index contributed by atoms with van der Waals surface area (Å²) in [6.07, 6.45) is -12.3. The van der Waals surface area contributed by atoms with Crippen LogP contribution in [0.1, 0.15) is 90.2 Å². The van der Waals surface area contributed by atoms with Crippen LogP contribution >= 0.6 is 0 Å². The fourth-order valence-corrected chi connectivity index (χ4v) is 9.54. The van der Waals surface area contributed by atoms with Crippen LogP contribution in [0.25, 0.3) is 0 Å². The van der Waals surface area contributed by atoms with E-state index >= 15 is 4.39 Å². The van der Waals surface area contributed by atoms with Gasteiger partial charge in [0.2, 0.25) is 6.17 Å². The van der Waals surface area contributed by atoms with Gasteiger partial charge in [-0.05, 0) is 63.5 Å². The van der Waals surface area contributed by atoms with Gasteiger partial charge in [0.1, 0.15) is 35.6 Å². The molecule has 58 heavy (non-hydrogen) atoms. The molecule has 1 heterocycles. The van der Waals surface area contributed by atoms with Crippen LogP contribution in [0.15, 0.2) is 71.8 Å². The summed E-state index contributed by atoms with van der Waals surface area (Å²) in [5.74, 6) is -5.67. The quantitative estimate of drug-likeness (QED) is 0.168. The van der Waals surface area contributed by atoms with E-state index in [1.54, 1.807) is 57.2 Å². The number of ketones is 1. The van der Waals surface area contributed by atoms with Gasteiger partial charge >= 0.3 is 24.0 Å². The van der Waals surface area contributed by atoms with Crippen LogP contribution in [0.2, 0.25) is 0 Å². The van der Waals surface area contributed by atoms with Gasteiger partial charge in [-0.15, -0.1) is 0 Å². The highest BCUT2D eigenvalue weighted by Gasteiger charge is 2.78. The van der Waals surface area contributed by atoms with Crippen LogP contribution in [0, 0.1) is 16.7 Å². The number of carbonyl (C=O) groups is 5. The zero-order valence-corrected chi connectivity index (χ0v) is 33.8. The lowest BCUT2D eigenvalue weighted by Crippen LogP contribution is -2.81. The zero-order chi connectivity index (χ0) is 42.7. The van der Waals surface area contributed by atoms with Crippen LogP contribution in [0.5, 0.6) is 0 Å². The monoisotopic (exact) mass is 809 g/mol. The van der Waals surface area contributed by atoms with Gasteiger partial charge in [0, 0.05) is 25.2 Å². The lowest BCUT2D eigenvalue weighted by molar-refractivity contribution is -0.346. The largest absolute Gasteiger partial charge is 0.456 e. The smallest absolute Gasteiger partial charge is 0.408 e. The minimum Gasteiger partial charge on any atom is -0.456 e. The van der Waals surface area contributed by atoms with E-state index < -0.39 is 112 Å². The predicted molar refractivity (Wildman–Crippen MR) is 202 cm³/mol. The first-order valence-electron chi connectivity index (χ1n) is 19.3. The average molecular weight is 810 g/mol. The lowest BCUT2D eigenvalue weighted by atomic mass is 9.44. The van der Waals surface area contributed by atoms with Crippen molar-refractivity contribution in [2.24, 2.45) is 16.7 Å². The molecule has 14 nitrogen and oxygen atoms in total. The number of fused-ring (bicyclic) bond motifs is 5. The molecule has 4 N–H and O–H groups in total. The van der Waals surface area contributed by atoms with Crippen molar-refractivity contribution >= 4 is 29.8 Å². The highest BCUT2D eigenvalue weighted by Crippen LogP contribution is 2.64. The molecule has 15 heteroatoms. The van der Waals surface area contributed by atoms with Crippen molar-refractivity contribution in [1.82, 2.24) is 5.32 Å². The maximum Gasteiger partial charge on any atom is 0.408 e. The van der Waals surface area contributed by atoms with Gasteiger partial charge in [-0.2, -0.15) is 0 Å². The number of esters is 3. The van der Waals surface area contributed by atoms with Gasteiger partial charge in [-0.1, -0.05) is 62.4 Å². The number of alkyl carbamates (subject to hydrolysis) is 1. The van der Waals surface area contributed by atoms with Gasteiger partial charge in [-0.3, -0.25) is 9.59 Å².